The molecule has 1 fully saturated rings. The fourth-order valence-corrected chi connectivity index (χ4v) is 4.50. The molecule has 2 aromatic carbocycles. The van der Waals surface area contributed by atoms with E-state index in [9.17, 15) is 0 Å². The quantitative estimate of drug-likeness (QED) is 0.536. The van der Waals surface area contributed by atoms with Gasteiger partial charge in [0, 0.05) is 54.4 Å². The maximum atomic E-state index is 5.79. The number of rotatable bonds is 5. The molecular formula is C24H27N3O. The van der Waals surface area contributed by atoms with Gasteiger partial charge in [-0.1, -0.05) is 24.3 Å². The molecule has 144 valence electrons. The largest absolute Gasteiger partial charge is 0.464 e. The summed E-state index contributed by atoms with van der Waals surface area (Å²) >= 11 is 0. The average Bonchev–Trinajstić information content (AvgIpc) is 3.36. The van der Waals surface area contributed by atoms with E-state index >= 15 is 0 Å². The van der Waals surface area contributed by atoms with E-state index < -0.39 is 0 Å². The van der Waals surface area contributed by atoms with Gasteiger partial charge in [-0.2, -0.15) is 0 Å². The predicted molar refractivity (Wildman–Crippen MR) is 116 cm³/mol. The molecule has 0 unspecified atom stereocenters. The first-order chi connectivity index (χ1) is 13.8. The van der Waals surface area contributed by atoms with Crippen LogP contribution >= 0.6 is 0 Å². The Morgan fingerprint density at radius 1 is 0.964 bits per heavy atom. The highest BCUT2D eigenvalue weighted by Gasteiger charge is 2.18. The summed E-state index contributed by atoms with van der Waals surface area (Å²) < 4.78 is 5.79. The molecule has 1 aliphatic rings. The summed E-state index contributed by atoms with van der Waals surface area (Å²) in [4.78, 5) is 8.45. The number of benzene rings is 2. The lowest BCUT2D eigenvalue weighted by Gasteiger charge is -2.36. The Morgan fingerprint density at radius 2 is 1.82 bits per heavy atom. The number of hydrogen-bond donors (Lipinski definition) is 1. The Labute approximate surface area is 165 Å². The minimum Gasteiger partial charge on any atom is -0.464 e. The topological polar surface area (TPSA) is 35.4 Å². The van der Waals surface area contributed by atoms with Crippen molar-refractivity contribution in [1.29, 1.82) is 0 Å². The van der Waals surface area contributed by atoms with Crippen LogP contribution in [0.1, 0.15) is 17.5 Å². The molecule has 4 heteroatoms. The standard InChI is InChI=1S/C24H27N3O/c1-18-5-2-7-20-19(17-28-24(18)20)6-4-12-26-13-15-27(16-14-26)23-9-3-8-22-21(23)10-11-25-22/h2-3,5,7-11,17,25H,4,6,12-16H2,1H3. The molecule has 28 heavy (non-hydrogen) atoms. The highest BCUT2D eigenvalue weighted by Crippen LogP contribution is 2.27. The number of aryl methyl sites for hydroxylation is 2. The molecule has 0 amide bonds. The zero-order chi connectivity index (χ0) is 18.9. The lowest BCUT2D eigenvalue weighted by Crippen LogP contribution is -2.46. The molecular weight excluding hydrogens is 346 g/mol. The summed E-state index contributed by atoms with van der Waals surface area (Å²) in [6.07, 6.45) is 6.24. The van der Waals surface area contributed by atoms with E-state index in [1.165, 1.54) is 39.5 Å². The summed E-state index contributed by atoms with van der Waals surface area (Å²) in [5.74, 6) is 0. The van der Waals surface area contributed by atoms with Crippen molar-refractivity contribution in [3.63, 3.8) is 0 Å². The SMILES string of the molecule is Cc1cccc2c(CCCN3CCN(c4cccc5[nH]ccc45)CC3)coc12. The van der Waals surface area contributed by atoms with Gasteiger partial charge in [0.1, 0.15) is 5.58 Å². The van der Waals surface area contributed by atoms with Crippen molar-refractivity contribution in [3.05, 3.63) is 66.1 Å². The second-order valence-electron chi connectivity index (χ2n) is 7.86. The van der Waals surface area contributed by atoms with E-state index in [0.717, 1.165) is 44.7 Å². The first-order valence-electron chi connectivity index (χ1n) is 10.3. The van der Waals surface area contributed by atoms with E-state index in [2.05, 4.69) is 64.2 Å². The minimum atomic E-state index is 1.05. The van der Waals surface area contributed by atoms with Crippen LogP contribution in [0.25, 0.3) is 21.9 Å². The number of H-pyrrole nitrogens is 1. The molecule has 0 radical (unpaired) electrons. The van der Waals surface area contributed by atoms with E-state index in [-0.39, 0.29) is 0 Å². The Kier molecular flexibility index (Phi) is 4.57. The second-order valence-corrected chi connectivity index (χ2v) is 7.86. The number of furan rings is 1. The zero-order valence-corrected chi connectivity index (χ0v) is 16.4. The number of fused-ring (bicyclic) bond motifs is 2. The van der Waals surface area contributed by atoms with Crippen LogP contribution in [0.2, 0.25) is 0 Å². The molecule has 3 heterocycles. The normalized spacial score (nSPS) is 15.7. The molecule has 1 aliphatic heterocycles. The van der Waals surface area contributed by atoms with E-state index in [0.29, 0.717) is 0 Å². The van der Waals surface area contributed by atoms with Gasteiger partial charge in [0.2, 0.25) is 0 Å². The van der Waals surface area contributed by atoms with Gasteiger partial charge in [0.05, 0.1) is 6.26 Å². The van der Waals surface area contributed by atoms with Gasteiger partial charge in [-0.25, -0.2) is 0 Å². The smallest absolute Gasteiger partial charge is 0.137 e. The molecule has 0 atom stereocenters. The van der Waals surface area contributed by atoms with Crippen LogP contribution < -0.4 is 4.90 Å². The molecule has 1 saturated heterocycles. The van der Waals surface area contributed by atoms with Crippen molar-refractivity contribution in [2.45, 2.75) is 19.8 Å². The van der Waals surface area contributed by atoms with Crippen molar-refractivity contribution >= 4 is 27.6 Å². The van der Waals surface area contributed by atoms with Crippen LogP contribution in [0.3, 0.4) is 0 Å². The number of anilines is 1. The number of nitrogens with zero attached hydrogens (tertiary/aromatic N) is 2. The van der Waals surface area contributed by atoms with Crippen molar-refractivity contribution in [2.24, 2.45) is 0 Å². The number of piperazine rings is 1. The second kappa shape index (κ2) is 7.36. The maximum absolute atomic E-state index is 5.79. The van der Waals surface area contributed by atoms with Gasteiger partial charge < -0.3 is 14.3 Å². The van der Waals surface area contributed by atoms with E-state index in [1.807, 2.05) is 12.5 Å². The van der Waals surface area contributed by atoms with Crippen LogP contribution in [0, 0.1) is 6.92 Å². The minimum absolute atomic E-state index is 1.05. The summed E-state index contributed by atoms with van der Waals surface area (Å²) in [6.45, 7) is 7.72. The first kappa shape index (κ1) is 17.4. The van der Waals surface area contributed by atoms with Crippen LogP contribution in [0.4, 0.5) is 5.69 Å². The van der Waals surface area contributed by atoms with Crippen molar-refractivity contribution < 1.29 is 4.42 Å². The molecule has 0 aliphatic carbocycles. The Hall–Kier alpha value is -2.72. The molecule has 1 N–H and O–H groups in total. The molecule has 4 aromatic rings. The zero-order valence-electron chi connectivity index (χ0n) is 16.4. The van der Waals surface area contributed by atoms with Gasteiger partial charge >= 0.3 is 0 Å². The Morgan fingerprint density at radius 3 is 2.71 bits per heavy atom. The van der Waals surface area contributed by atoms with E-state index in [4.69, 9.17) is 4.42 Å². The fraction of sp³-hybridized carbons (Fsp3) is 0.333. The number of hydrogen-bond acceptors (Lipinski definition) is 3. The van der Waals surface area contributed by atoms with E-state index in [1.54, 1.807) is 0 Å². The summed E-state index contributed by atoms with van der Waals surface area (Å²) in [6, 6.07) is 15.2. The summed E-state index contributed by atoms with van der Waals surface area (Å²) in [5, 5.41) is 2.61. The Balaban J connectivity index is 1.17. The molecule has 2 aromatic heterocycles. The van der Waals surface area contributed by atoms with Crippen LogP contribution in [0.15, 0.2) is 59.3 Å². The van der Waals surface area contributed by atoms with Crippen LogP contribution in [0.5, 0.6) is 0 Å². The number of nitrogens with one attached hydrogen (secondary N) is 1. The number of aromatic nitrogens is 1. The fourth-order valence-electron chi connectivity index (χ4n) is 4.50. The average molecular weight is 374 g/mol. The first-order valence-corrected chi connectivity index (χ1v) is 10.3. The highest BCUT2D eigenvalue weighted by atomic mass is 16.3. The molecule has 5 rings (SSSR count). The third kappa shape index (κ3) is 3.18. The Bertz CT molecular complexity index is 1090. The summed E-state index contributed by atoms with van der Waals surface area (Å²) in [7, 11) is 0. The van der Waals surface area contributed by atoms with Crippen LogP contribution in [-0.2, 0) is 6.42 Å². The lowest BCUT2D eigenvalue weighted by molar-refractivity contribution is 0.255. The third-order valence-electron chi connectivity index (χ3n) is 6.08. The van der Waals surface area contributed by atoms with Crippen molar-refractivity contribution in [2.75, 3.05) is 37.6 Å². The van der Waals surface area contributed by atoms with Gasteiger partial charge in [-0.15, -0.1) is 0 Å². The molecule has 0 saturated carbocycles. The third-order valence-corrected chi connectivity index (χ3v) is 6.08. The lowest BCUT2D eigenvalue weighted by atomic mass is 10.1. The van der Waals surface area contributed by atoms with Crippen molar-refractivity contribution in [1.82, 2.24) is 9.88 Å². The molecule has 4 nitrogen and oxygen atoms in total. The van der Waals surface area contributed by atoms with Crippen molar-refractivity contribution in [3.8, 4) is 0 Å². The van der Waals surface area contributed by atoms with Crippen LogP contribution in [-0.4, -0.2) is 42.6 Å². The molecule has 0 bridgehead atoms. The van der Waals surface area contributed by atoms with Gasteiger partial charge in [-0.3, -0.25) is 4.90 Å². The number of aromatic amines is 1. The van der Waals surface area contributed by atoms with Gasteiger partial charge in [-0.05, 0) is 55.6 Å². The maximum Gasteiger partial charge on any atom is 0.137 e. The van der Waals surface area contributed by atoms with Gasteiger partial charge in [0.25, 0.3) is 0 Å². The number of para-hydroxylation sites is 1. The van der Waals surface area contributed by atoms with Gasteiger partial charge in [0.15, 0.2) is 0 Å². The monoisotopic (exact) mass is 373 g/mol. The molecule has 0 spiro atoms. The summed E-state index contributed by atoms with van der Waals surface area (Å²) in [5.41, 5.74) is 6.19. The predicted octanol–water partition coefficient (Wildman–Crippen LogP) is 4.98. The highest BCUT2D eigenvalue weighted by molar-refractivity contribution is 5.92.